The summed E-state index contributed by atoms with van der Waals surface area (Å²) in [6.07, 6.45) is 0.623. The molecule has 0 radical (unpaired) electrons. The second-order valence-electron chi connectivity index (χ2n) is 3.91. The summed E-state index contributed by atoms with van der Waals surface area (Å²) >= 11 is 5.74. The quantitative estimate of drug-likeness (QED) is 0.812. The molecule has 0 aliphatic carbocycles. The molecule has 0 spiro atoms. The summed E-state index contributed by atoms with van der Waals surface area (Å²) in [6, 6.07) is 1.09. The molecule has 19 heavy (non-hydrogen) atoms. The van der Waals surface area contributed by atoms with Crippen molar-refractivity contribution in [1.29, 1.82) is 0 Å². The van der Waals surface area contributed by atoms with Gasteiger partial charge in [0.05, 0.1) is 10.9 Å². The van der Waals surface area contributed by atoms with Gasteiger partial charge in [-0.05, 0) is 12.5 Å². The number of carbonyl (C=O) groups is 1. The predicted molar refractivity (Wildman–Crippen MR) is 68.9 cm³/mol. The van der Waals surface area contributed by atoms with E-state index >= 15 is 0 Å². The molecule has 0 saturated heterocycles. The third-order valence-electron chi connectivity index (χ3n) is 2.60. The van der Waals surface area contributed by atoms with Gasteiger partial charge in [0.2, 0.25) is 0 Å². The minimum absolute atomic E-state index is 0.0134. The van der Waals surface area contributed by atoms with Gasteiger partial charge >= 0.3 is 11.7 Å². The van der Waals surface area contributed by atoms with Gasteiger partial charge in [-0.2, -0.15) is 0 Å². The summed E-state index contributed by atoms with van der Waals surface area (Å²) in [4.78, 5) is 40.6. The summed E-state index contributed by atoms with van der Waals surface area (Å²) in [5.74, 6) is -1.30. The lowest BCUT2D eigenvalue weighted by molar-refractivity contribution is 0.0699. The number of carboxylic acids is 1. The van der Waals surface area contributed by atoms with Crippen molar-refractivity contribution in [2.45, 2.75) is 19.9 Å². The summed E-state index contributed by atoms with van der Waals surface area (Å²) in [7, 11) is 0. The molecule has 8 heteroatoms. The van der Waals surface area contributed by atoms with Crippen LogP contribution in [0.2, 0.25) is 5.15 Å². The lowest BCUT2D eigenvalue weighted by Crippen LogP contribution is -2.31. The number of aromatic amines is 1. The molecule has 0 fully saturated rings. The normalized spacial score (nSPS) is 10.8. The highest BCUT2D eigenvalue weighted by Gasteiger charge is 2.18. The minimum Gasteiger partial charge on any atom is -0.478 e. The Morgan fingerprint density at radius 2 is 2.21 bits per heavy atom. The van der Waals surface area contributed by atoms with Crippen LogP contribution >= 0.6 is 11.6 Å². The molecule has 7 nitrogen and oxygen atoms in total. The van der Waals surface area contributed by atoms with Crippen molar-refractivity contribution in [1.82, 2.24) is 14.5 Å². The molecule has 0 aliphatic rings. The molecule has 0 amide bonds. The van der Waals surface area contributed by atoms with Crippen molar-refractivity contribution < 1.29 is 9.90 Å². The van der Waals surface area contributed by atoms with Crippen LogP contribution in [0.25, 0.3) is 11.0 Å². The number of hydrogen-bond donors (Lipinski definition) is 2. The maximum absolute atomic E-state index is 11.8. The topological polar surface area (TPSA) is 105 Å². The van der Waals surface area contributed by atoms with Crippen LogP contribution in [0.5, 0.6) is 0 Å². The molecule has 2 N–H and O–H groups in total. The molecular formula is C11H10ClN3O4. The van der Waals surface area contributed by atoms with Crippen LogP contribution in [-0.2, 0) is 6.54 Å². The van der Waals surface area contributed by atoms with E-state index in [0.29, 0.717) is 13.0 Å². The molecule has 0 bridgehead atoms. The van der Waals surface area contributed by atoms with Crippen LogP contribution in [0.4, 0.5) is 0 Å². The van der Waals surface area contributed by atoms with Crippen molar-refractivity contribution >= 4 is 28.6 Å². The molecule has 0 aromatic carbocycles. The van der Waals surface area contributed by atoms with Crippen LogP contribution < -0.4 is 11.2 Å². The van der Waals surface area contributed by atoms with Crippen molar-refractivity contribution in [3.8, 4) is 0 Å². The maximum atomic E-state index is 11.8. The minimum atomic E-state index is -1.30. The zero-order chi connectivity index (χ0) is 14.2. The summed E-state index contributed by atoms with van der Waals surface area (Å²) in [5, 5.41) is 8.86. The number of aryl methyl sites for hydroxylation is 1. The summed E-state index contributed by atoms with van der Waals surface area (Å²) in [6.45, 7) is 2.14. The molecule has 2 aromatic rings. The Hall–Kier alpha value is -2.15. The zero-order valence-corrected chi connectivity index (χ0v) is 10.7. The van der Waals surface area contributed by atoms with Crippen molar-refractivity contribution in [2.75, 3.05) is 0 Å². The highest BCUT2D eigenvalue weighted by molar-refractivity contribution is 6.30. The molecule has 0 saturated carbocycles. The molecule has 0 atom stereocenters. The van der Waals surface area contributed by atoms with E-state index < -0.39 is 17.2 Å². The van der Waals surface area contributed by atoms with E-state index in [2.05, 4.69) is 9.97 Å². The number of nitrogens with one attached hydrogen (secondary N) is 1. The van der Waals surface area contributed by atoms with Crippen LogP contribution in [0.3, 0.4) is 0 Å². The van der Waals surface area contributed by atoms with Gasteiger partial charge in [0.25, 0.3) is 5.56 Å². The van der Waals surface area contributed by atoms with Gasteiger partial charge in [-0.1, -0.05) is 18.5 Å². The van der Waals surface area contributed by atoms with E-state index in [1.165, 1.54) is 4.57 Å². The van der Waals surface area contributed by atoms with E-state index in [1.54, 1.807) is 0 Å². The fourth-order valence-corrected chi connectivity index (χ4v) is 2.03. The number of nitrogens with zero attached hydrogens (tertiary/aromatic N) is 2. The number of fused-ring (bicyclic) bond motifs is 1. The first-order valence-corrected chi connectivity index (χ1v) is 5.90. The Morgan fingerprint density at radius 1 is 1.53 bits per heavy atom. The molecule has 0 unspecified atom stereocenters. The van der Waals surface area contributed by atoms with Gasteiger partial charge in [-0.25, -0.2) is 14.6 Å². The Bertz CT molecular complexity index is 778. The van der Waals surface area contributed by atoms with E-state index in [4.69, 9.17) is 16.7 Å². The number of carboxylic acid groups (broad SMARTS) is 1. The molecule has 2 aromatic heterocycles. The van der Waals surface area contributed by atoms with E-state index in [9.17, 15) is 14.4 Å². The molecule has 0 aliphatic heterocycles. The second kappa shape index (κ2) is 4.85. The maximum Gasteiger partial charge on any atom is 0.336 e. The van der Waals surface area contributed by atoms with Gasteiger partial charge in [0.1, 0.15) is 5.15 Å². The Kier molecular flexibility index (Phi) is 3.39. The highest BCUT2D eigenvalue weighted by atomic mass is 35.5. The first-order valence-electron chi connectivity index (χ1n) is 5.52. The van der Waals surface area contributed by atoms with E-state index in [1.807, 2.05) is 6.92 Å². The van der Waals surface area contributed by atoms with Gasteiger partial charge < -0.3 is 5.11 Å². The monoisotopic (exact) mass is 283 g/mol. The lowest BCUT2D eigenvalue weighted by atomic mass is 10.2. The van der Waals surface area contributed by atoms with E-state index in [0.717, 1.165) is 6.07 Å². The van der Waals surface area contributed by atoms with Crippen molar-refractivity contribution in [3.05, 3.63) is 37.6 Å². The number of halogens is 1. The first-order chi connectivity index (χ1) is 8.95. The smallest absolute Gasteiger partial charge is 0.336 e. The number of pyridine rings is 1. The number of aromatic nitrogens is 3. The van der Waals surface area contributed by atoms with Gasteiger partial charge in [-0.3, -0.25) is 14.3 Å². The third kappa shape index (κ3) is 2.24. The van der Waals surface area contributed by atoms with Gasteiger partial charge in [0.15, 0.2) is 5.65 Å². The average Bonchev–Trinajstić information content (AvgIpc) is 2.32. The first kappa shape index (κ1) is 13.3. The summed E-state index contributed by atoms with van der Waals surface area (Å²) < 4.78 is 1.20. The van der Waals surface area contributed by atoms with Crippen LogP contribution in [0.1, 0.15) is 23.7 Å². The Labute approximate surface area is 111 Å². The van der Waals surface area contributed by atoms with Crippen molar-refractivity contribution in [2.24, 2.45) is 0 Å². The Balaban J connectivity index is 3.04. The lowest BCUT2D eigenvalue weighted by Gasteiger charge is -2.09. The summed E-state index contributed by atoms with van der Waals surface area (Å²) in [5.41, 5.74) is -1.71. The molecule has 2 heterocycles. The standard InChI is InChI=1S/C11H10ClN3O4/c1-2-3-15-8-7(9(16)14-11(15)19)5(10(17)18)4-6(12)13-8/h4H,2-3H2,1H3,(H,17,18)(H,14,16,19). The average molecular weight is 284 g/mol. The highest BCUT2D eigenvalue weighted by Crippen LogP contribution is 2.17. The predicted octanol–water partition coefficient (Wildman–Crippen LogP) is 0.846. The molecular weight excluding hydrogens is 274 g/mol. The van der Waals surface area contributed by atoms with Crippen molar-refractivity contribution in [3.63, 3.8) is 0 Å². The SMILES string of the molecule is CCCn1c(=O)[nH]c(=O)c2c(C(=O)O)cc(Cl)nc21. The number of H-pyrrole nitrogens is 1. The van der Waals surface area contributed by atoms with Crippen LogP contribution in [0, 0.1) is 0 Å². The number of aromatic carboxylic acids is 1. The fraction of sp³-hybridized carbons (Fsp3) is 0.273. The number of hydrogen-bond acceptors (Lipinski definition) is 4. The van der Waals surface area contributed by atoms with E-state index in [-0.39, 0.29) is 21.7 Å². The molecule has 100 valence electrons. The van der Waals surface area contributed by atoms with Crippen LogP contribution in [0.15, 0.2) is 15.7 Å². The molecule has 2 rings (SSSR count). The Morgan fingerprint density at radius 3 is 2.79 bits per heavy atom. The third-order valence-corrected chi connectivity index (χ3v) is 2.79. The zero-order valence-electron chi connectivity index (χ0n) is 9.94. The van der Waals surface area contributed by atoms with Gasteiger partial charge in [0, 0.05) is 6.54 Å². The van der Waals surface area contributed by atoms with Crippen LogP contribution in [-0.4, -0.2) is 25.6 Å². The van der Waals surface area contributed by atoms with Gasteiger partial charge in [-0.15, -0.1) is 0 Å². The number of rotatable bonds is 3. The largest absolute Gasteiger partial charge is 0.478 e. The second-order valence-corrected chi connectivity index (χ2v) is 4.29. The fourth-order valence-electron chi connectivity index (χ4n) is 1.84.